The summed E-state index contributed by atoms with van der Waals surface area (Å²) in [6.45, 7) is 0. The second-order valence-corrected chi connectivity index (χ2v) is 9.49. The molecule has 4 saturated carbocycles. The van der Waals surface area contributed by atoms with E-state index >= 15 is 0 Å². The van der Waals surface area contributed by atoms with Gasteiger partial charge in [0.05, 0.1) is 5.39 Å². The molecule has 0 spiro atoms. The molecule has 0 saturated heterocycles. The van der Waals surface area contributed by atoms with Gasteiger partial charge >= 0.3 is 5.51 Å². The standard InChI is InChI=1S/C17H20NO.CHF3O3S/c1-2-4-16-15(3-1)11-19-18(16)17-8-12-5-13(9-17)7-14(6-12)10-17;2-1(3,4)8(5,6)7/h1-4,11-14H,5-10H2;(H,5,6,7)/q+1;/p-1. The highest BCUT2D eigenvalue weighted by Gasteiger charge is 2.59. The van der Waals surface area contributed by atoms with Crippen LogP contribution in [0, 0.1) is 17.8 Å². The van der Waals surface area contributed by atoms with Gasteiger partial charge in [-0.2, -0.15) is 13.2 Å². The number of aromatic nitrogens is 1. The molecule has 0 N–H and O–H groups in total. The largest absolute Gasteiger partial charge is 0.741 e. The van der Waals surface area contributed by atoms with Crippen LogP contribution in [0.4, 0.5) is 13.2 Å². The maximum Gasteiger partial charge on any atom is 0.485 e. The third-order valence-electron chi connectivity index (χ3n) is 6.16. The Bertz CT molecular complexity index is 916. The van der Waals surface area contributed by atoms with Crippen LogP contribution in [0.5, 0.6) is 0 Å². The highest BCUT2D eigenvalue weighted by atomic mass is 32.2. The predicted molar refractivity (Wildman–Crippen MR) is 88.3 cm³/mol. The molecule has 0 atom stereocenters. The summed E-state index contributed by atoms with van der Waals surface area (Å²) in [7, 11) is -6.09. The number of halogens is 3. The highest BCUT2D eigenvalue weighted by molar-refractivity contribution is 7.86. The second kappa shape index (κ2) is 6.20. The van der Waals surface area contributed by atoms with Gasteiger partial charge in [0.15, 0.2) is 16.4 Å². The first-order valence-corrected chi connectivity index (χ1v) is 10.4. The minimum Gasteiger partial charge on any atom is -0.741 e. The van der Waals surface area contributed by atoms with Crippen LogP contribution in [-0.4, -0.2) is 18.5 Å². The van der Waals surface area contributed by atoms with Gasteiger partial charge < -0.3 is 4.55 Å². The zero-order chi connectivity index (χ0) is 19.4. The molecule has 1 aromatic carbocycles. The van der Waals surface area contributed by atoms with Gasteiger partial charge in [-0.05, 0) is 47.8 Å². The van der Waals surface area contributed by atoms with Crippen molar-refractivity contribution >= 4 is 21.0 Å². The molecule has 1 aromatic heterocycles. The van der Waals surface area contributed by atoms with Crippen molar-refractivity contribution in [1.82, 2.24) is 0 Å². The summed E-state index contributed by atoms with van der Waals surface area (Å²) in [6.07, 6.45) is 10.4. The molecule has 4 bridgehead atoms. The lowest BCUT2D eigenvalue weighted by atomic mass is 9.53. The molecule has 0 aliphatic heterocycles. The molecule has 1 heterocycles. The second-order valence-electron chi connectivity index (χ2n) is 8.12. The predicted octanol–water partition coefficient (Wildman–Crippen LogP) is 3.70. The number of rotatable bonds is 1. The summed E-state index contributed by atoms with van der Waals surface area (Å²) in [4.78, 5) is 0. The van der Waals surface area contributed by atoms with Crippen LogP contribution in [0.3, 0.4) is 0 Å². The van der Waals surface area contributed by atoms with Crippen molar-refractivity contribution in [1.29, 1.82) is 0 Å². The van der Waals surface area contributed by atoms with Gasteiger partial charge in [0, 0.05) is 25.3 Å². The van der Waals surface area contributed by atoms with Crippen LogP contribution >= 0.6 is 0 Å². The number of fused-ring (bicyclic) bond motifs is 1. The van der Waals surface area contributed by atoms with Crippen LogP contribution in [-0.2, 0) is 15.7 Å². The smallest absolute Gasteiger partial charge is 0.485 e. The van der Waals surface area contributed by atoms with Crippen LogP contribution in [0.2, 0.25) is 0 Å². The number of hydrogen-bond acceptors (Lipinski definition) is 4. The van der Waals surface area contributed by atoms with Crippen LogP contribution < -0.4 is 4.74 Å². The molecule has 5 nitrogen and oxygen atoms in total. The summed E-state index contributed by atoms with van der Waals surface area (Å²) in [5, 5.41) is 1.25. The van der Waals surface area contributed by atoms with Gasteiger partial charge in [-0.15, -0.1) is 0 Å². The lowest BCUT2D eigenvalue weighted by molar-refractivity contribution is -0.902. The normalized spacial score (nSPS) is 32.4. The van der Waals surface area contributed by atoms with E-state index in [0.29, 0.717) is 5.54 Å². The van der Waals surface area contributed by atoms with Gasteiger partial charge in [0.1, 0.15) is 0 Å². The number of alkyl halides is 3. The maximum absolute atomic E-state index is 10.7. The molecular weight excluding hydrogens is 383 g/mol. The quantitative estimate of drug-likeness (QED) is 0.413. The van der Waals surface area contributed by atoms with Crippen molar-refractivity contribution in [3.63, 3.8) is 0 Å². The molecule has 9 heteroatoms. The number of nitrogens with zero attached hydrogens (tertiary/aromatic N) is 1. The Morgan fingerprint density at radius 3 is 2.00 bits per heavy atom. The van der Waals surface area contributed by atoms with Gasteiger partial charge in [-0.25, -0.2) is 12.9 Å². The van der Waals surface area contributed by atoms with Gasteiger partial charge in [0.2, 0.25) is 5.54 Å². The van der Waals surface area contributed by atoms with E-state index in [0.717, 1.165) is 17.8 Å². The van der Waals surface area contributed by atoms with Crippen molar-refractivity contribution in [2.45, 2.75) is 49.6 Å². The Labute approximate surface area is 154 Å². The SMILES string of the molecule is O=S(=O)([O-])C(F)(F)F.c1ccc2c(c1)co[n+]2C12CC3CC(CC(C3)C1)C2. The molecule has 2 aromatic rings. The summed E-state index contributed by atoms with van der Waals surface area (Å²) in [6, 6.07) is 8.62. The van der Waals surface area contributed by atoms with Crippen LogP contribution in [0.25, 0.3) is 10.9 Å². The van der Waals surface area contributed by atoms with E-state index < -0.39 is 15.6 Å². The van der Waals surface area contributed by atoms with Crippen LogP contribution in [0.1, 0.15) is 38.5 Å². The minimum absolute atomic E-state index is 0.303. The molecule has 27 heavy (non-hydrogen) atoms. The number of benzene rings is 1. The first kappa shape index (κ1) is 18.7. The maximum atomic E-state index is 10.7. The molecule has 4 aliphatic carbocycles. The summed E-state index contributed by atoms with van der Waals surface area (Å²) in [5.41, 5.74) is -4.05. The fraction of sp³-hybridized carbons (Fsp3) is 0.611. The third kappa shape index (κ3) is 3.35. The number of hydrogen-bond donors (Lipinski definition) is 0. The molecule has 0 radical (unpaired) electrons. The monoisotopic (exact) mass is 403 g/mol. The van der Waals surface area contributed by atoms with E-state index in [9.17, 15) is 13.2 Å². The Hall–Kier alpha value is -1.61. The first-order valence-electron chi connectivity index (χ1n) is 8.99. The van der Waals surface area contributed by atoms with E-state index in [4.69, 9.17) is 17.5 Å². The number of para-hydroxylation sites is 1. The zero-order valence-electron chi connectivity index (χ0n) is 14.5. The molecule has 4 fully saturated rings. The van der Waals surface area contributed by atoms with E-state index in [1.165, 1.54) is 49.4 Å². The van der Waals surface area contributed by atoms with E-state index in [1.807, 2.05) is 6.26 Å². The molecule has 0 unspecified atom stereocenters. The molecule has 4 aliphatic rings. The zero-order valence-corrected chi connectivity index (χ0v) is 15.3. The summed E-state index contributed by atoms with van der Waals surface area (Å²) in [5.74, 6) is 2.88. The van der Waals surface area contributed by atoms with Gasteiger partial charge in [-0.3, -0.25) is 0 Å². The fourth-order valence-corrected chi connectivity index (χ4v) is 5.62. The van der Waals surface area contributed by atoms with Crippen molar-refractivity contribution in [3.8, 4) is 0 Å². The minimum atomic E-state index is -6.09. The van der Waals surface area contributed by atoms with Crippen molar-refractivity contribution < 1.29 is 35.4 Å². The average Bonchev–Trinajstić information content (AvgIpc) is 2.97. The average molecular weight is 403 g/mol. The van der Waals surface area contributed by atoms with Crippen molar-refractivity contribution in [2.75, 3.05) is 0 Å². The molecule has 0 amide bonds. The van der Waals surface area contributed by atoms with Crippen molar-refractivity contribution in [3.05, 3.63) is 30.5 Å². The summed E-state index contributed by atoms with van der Waals surface area (Å²) >= 11 is 0. The summed E-state index contributed by atoms with van der Waals surface area (Å²) < 4.78 is 67.2. The van der Waals surface area contributed by atoms with Crippen molar-refractivity contribution in [2.24, 2.45) is 17.8 Å². The molecule has 148 valence electrons. The Morgan fingerprint density at radius 1 is 1.04 bits per heavy atom. The first-order chi connectivity index (χ1) is 12.6. The molecular formula is C18H20F3NO4S. The van der Waals surface area contributed by atoms with Gasteiger partial charge in [-0.1, -0.05) is 12.1 Å². The lowest BCUT2D eigenvalue weighted by Gasteiger charge is -2.51. The van der Waals surface area contributed by atoms with Gasteiger partial charge in [0.25, 0.3) is 5.52 Å². The van der Waals surface area contributed by atoms with E-state index in [1.54, 1.807) is 0 Å². The Kier molecular flexibility index (Phi) is 4.30. The lowest BCUT2D eigenvalue weighted by Crippen LogP contribution is -2.64. The third-order valence-corrected chi connectivity index (χ3v) is 6.73. The Balaban J connectivity index is 0.000000195. The highest BCUT2D eigenvalue weighted by Crippen LogP contribution is 2.57. The topological polar surface area (TPSA) is 74.2 Å². The van der Waals surface area contributed by atoms with E-state index in [2.05, 4.69) is 29.0 Å². The van der Waals surface area contributed by atoms with Crippen LogP contribution in [0.15, 0.2) is 35.1 Å². The molecule has 6 rings (SSSR count). The fourth-order valence-electron chi connectivity index (χ4n) is 5.62. The Morgan fingerprint density at radius 2 is 1.52 bits per heavy atom. The van der Waals surface area contributed by atoms with E-state index in [-0.39, 0.29) is 0 Å².